The molecule has 1 atom stereocenters. The van der Waals surface area contributed by atoms with E-state index in [4.69, 9.17) is 18.9 Å². The van der Waals surface area contributed by atoms with E-state index in [-0.39, 0.29) is 48.4 Å². The van der Waals surface area contributed by atoms with E-state index in [0.29, 0.717) is 138 Å². The molecule has 0 bridgehead atoms. The van der Waals surface area contributed by atoms with Gasteiger partial charge >= 0.3 is 0 Å². The standard InChI is InChI=1S/C53H60F2N10O10/c54-35-26-34(27-36(55)29-35)25-33-1-6-44-43(28-33)49(62-61-44)60-50(68)41-5-3-39(31-45(41)58-37-9-17-72-18-10-37)64-15-13-63(14-16-64)32-48(67)57-12-20-74-22-24-75-23-21-73-19-11-56-38-2-4-40-42(30-38)53(71)65(52(40)70)46-7-8-47(66)59-51(46)69/h1-6,26-31,37,46,56,58H,7-25,32H2,(H,57,67)(H,59,66,69)(H2,60,61,62,68). The van der Waals surface area contributed by atoms with Gasteiger partial charge < -0.3 is 45.1 Å². The van der Waals surface area contributed by atoms with Crippen LogP contribution in [0.25, 0.3) is 10.9 Å². The predicted molar refractivity (Wildman–Crippen MR) is 273 cm³/mol. The molecule has 6 N–H and O–H groups in total. The third kappa shape index (κ3) is 13.5. The van der Waals surface area contributed by atoms with Crippen LogP contribution < -0.4 is 31.5 Å². The first-order chi connectivity index (χ1) is 36.4. The maximum atomic E-state index is 14.0. The number of nitrogens with one attached hydrogen (secondary N) is 6. The number of H-pyrrole nitrogens is 1. The van der Waals surface area contributed by atoms with Crippen LogP contribution in [0.1, 0.15) is 67.9 Å². The van der Waals surface area contributed by atoms with E-state index < -0.39 is 41.3 Å². The van der Waals surface area contributed by atoms with Crippen LogP contribution in [0.15, 0.2) is 72.8 Å². The summed E-state index contributed by atoms with van der Waals surface area (Å²) < 4.78 is 50.2. The summed E-state index contributed by atoms with van der Waals surface area (Å²) in [6.07, 6.45) is 2.03. The predicted octanol–water partition coefficient (Wildman–Crippen LogP) is 4.08. The van der Waals surface area contributed by atoms with Crippen molar-refractivity contribution in [1.29, 1.82) is 0 Å². The summed E-state index contributed by atoms with van der Waals surface area (Å²) in [7, 11) is 0. The SMILES string of the molecule is O=C(CN1CCN(c2ccc(C(=O)Nc3n[nH]c4ccc(Cc5cc(F)cc(F)c5)cc34)c(NC3CCOCC3)c2)CC1)NCCOCCOCCOCCNc1ccc2c(c1)C(=O)N(C1CCC(=O)NC1=O)C2=O. The molecule has 4 aliphatic rings. The Morgan fingerprint density at radius 2 is 1.47 bits per heavy atom. The number of carbonyl (C=O) groups excluding carboxylic acids is 6. The second-order valence-corrected chi connectivity index (χ2v) is 18.7. The van der Waals surface area contributed by atoms with Crippen molar-refractivity contribution in [2.75, 3.05) is 120 Å². The van der Waals surface area contributed by atoms with Crippen molar-refractivity contribution in [1.82, 2.24) is 30.6 Å². The lowest BCUT2D eigenvalue weighted by atomic mass is 10.0. The molecule has 396 valence electrons. The van der Waals surface area contributed by atoms with Crippen molar-refractivity contribution in [2.45, 2.75) is 44.2 Å². The molecule has 3 fully saturated rings. The van der Waals surface area contributed by atoms with Crippen LogP contribution in [0.5, 0.6) is 0 Å². The zero-order valence-corrected chi connectivity index (χ0v) is 41.4. The van der Waals surface area contributed by atoms with Gasteiger partial charge in [-0.25, -0.2) is 8.78 Å². The topological polar surface area (TPSA) is 238 Å². The van der Waals surface area contributed by atoms with E-state index in [1.807, 2.05) is 36.4 Å². The Morgan fingerprint density at radius 3 is 2.21 bits per heavy atom. The van der Waals surface area contributed by atoms with Crippen LogP contribution in [0.3, 0.4) is 0 Å². The first-order valence-electron chi connectivity index (χ1n) is 25.2. The van der Waals surface area contributed by atoms with Crippen molar-refractivity contribution >= 4 is 69.2 Å². The fraction of sp³-hybridized carbons (Fsp3) is 0.415. The van der Waals surface area contributed by atoms with Gasteiger partial charge in [0, 0.05) is 93.5 Å². The van der Waals surface area contributed by atoms with Gasteiger partial charge in [0.25, 0.3) is 17.7 Å². The van der Waals surface area contributed by atoms with E-state index in [0.717, 1.165) is 35.1 Å². The van der Waals surface area contributed by atoms with Gasteiger partial charge in [-0.05, 0) is 97.5 Å². The van der Waals surface area contributed by atoms with Gasteiger partial charge in [0.15, 0.2) is 5.82 Å². The molecule has 6 amide bonds. The molecule has 3 saturated heterocycles. The Morgan fingerprint density at radius 1 is 0.747 bits per heavy atom. The highest BCUT2D eigenvalue weighted by Crippen LogP contribution is 2.32. The minimum atomic E-state index is -1.02. The number of imide groups is 2. The number of piperazine rings is 1. The number of fused-ring (bicyclic) bond motifs is 2. The Kier molecular flexibility index (Phi) is 17.3. The number of benzene rings is 4. The summed E-state index contributed by atoms with van der Waals surface area (Å²) in [4.78, 5) is 81.9. The lowest BCUT2D eigenvalue weighted by Crippen LogP contribution is -2.54. The van der Waals surface area contributed by atoms with Crippen molar-refractivity contribution in [3.05, 3.63) is 112 Å². The van der Waals surface area contributed by atoms with Gasteiger partial charge in [0.05, 0.1) is 68.4 Å². The third-order valence-electron chi connectivity index (χ3n) is 13.5. The number of ether oxygens (including phenoxy) is 4. The molecule has 75 heavy (non-hydrogen) atoms. The smallest absolute Gasteiger partial charge is 0.262 e. The molecule has 0 spiro atoms. The Labute approximate surface area is 431 Å². The summed E-state index contributed by atoms with van der Waals surface area (Å²) in [5.74, 6) is -3.59. The zero-order valence-electron chi connectivity index (χ0n) is 41.4. The summed E-state index contributed by atoms with van der Waals surface area (Å²) in [6, 6.07) is 18.6. The molecule has 0 saturated carbocycles. The molecular weight excluding hydrogens is 975 g/mol. The highest BCUT2D eigenvalue weighted by Gasteiger charge is 2.44. The molecule has 9 rings (SSSR count). The number of nitrogens with zero attached hydrogens (tertiary/aromatic N) is 4. The number of anilines is 4. The van der Waals surface area contributed by atoms with Crippen molar-refractivity contribution in [3.63, 3.8) is 0 Å². The number of rotatable bonds is 23. The number of aromatic amines is 1. The average molecular weight is 1040 g/mol. The number of amides is 6. The largest absolute Gasteiger partial charge is 0.383 e. The molecule has 4 aliphatic heterocycles. The van der Waals surface area contributed by atoms with Crippen LogP contribution in [-0.4, -0.2) is 166 Å². The van der Waals surface area contributed by atoms with Gasteiger partial charge in [-0.3, -0.25) is 49.0 Å². The van der Waals surface area contributed by atoms with E-state index in [2.05, 4.69) is 46.6 Å². The molecule has 5 aromatic rings. The van der Waals surface area contributed by atoms with E-state index in [9.17, 15) is 37.5 Å². The number of aromatic nitrogens is 2. The highest BCUT2D eigenvalue weighted by molar-refractivity contribution is 6.23. The van der Waals surface area contributed by atoms with Gasteiger partial charge in [-0.15, -0.1) is 0 Å². The molecule has 20 nitrogen and oxygen atoms in total. The number of hydrogen-bond donors (Lipinski definition) is 6. The Balaban J connectivity index is 0.648. The number of piperidine rings is 1. The number of halogens is 2. The summed E-state index contributed by atoms with van der Waals surface area (Å²) in [6.45, 7) is 7.12. The molecule has 0 radical (unpaired) electrons. The van der Waals surface area contributed by atoms with E-state index >= 15 is 0 Å². The molecular formula is C53H60F2N10O10. The van der Waals surface area contributed by atoms with Crippen LogP contribution in [0.4, 0.5) is 31.7 Å². The van der Waals surface area contributed by atoms with Crippen LogP contribution >= 0.6 is 0 Å². The number of carbonyl (C=O) groups is 6. The summed E-state index contributed by atoms with van der Waals surface area (Å²) in [5.41, 5.74) is 5.11. The van der Waals surface area contributed by atoms with Crippen LogP contribution in [0.2, 0.25) is 0 Å². The quantitative estimate of drug-likeness (QED) is 0.0400. The summed E-state index contributed by atoms with van der Waals surface area (Å²) >= 11 is 0. The molecule has 5 heterocycles. The summed E-state index contributed by atoms with van der Waals surface area (Å²) in [5, 5.41) is 22.9. The molecule has 1 unspecified atom stereocenters. The van der Waals surface area contributed by atoms with E-state index in [1.165, 1.54) is 12.1 Å². The van der Waals surface area contributed by atoms with Crippen LogP contribution in [0, 0.1) is 11.6 Å². The van der Waals surface area contributed by atoms with Gasteiger partial charge in [0.1, 0.15) is 17.7 Å². The van der Waals surface area contributed by atoms with Crippen molar-refractivity contribution in [2.24, 2.45) is 0 Å². The number of hydrogen-bond acceptors (Lipinski definition) is 15. The maximum absolute atomic E-state index is 14.0. The first-order valence-corrected chi connectivity index (χ1v) is 25.2. The Hall–Kier alpha value is -7.37. The Bertz CT molecular complexity index is 2890. The van der Waals surface area contributed by atoms with Gasteiger partial charge in [0.2, 0.25) is 17.7 Å². The van der Waals surface area contributed by atoms with Gasteiger partial charge in [-0.2, -0.15) is 5.10 Å². The first kappa shape index (κ1) is 52.5. The van der Waals surface area contributed by atoms with Gasteiger partial charge in [-0.1, -0.05) is 6.07 Å². The lowest BCUT2D eigenvalue weighted by Gasteiger charge is -2.36. The second-order valence-electron chi connectivity index (χ2n) is 18.7. The molecule has 4 aromatic carbocycles. The van der Waals surface area contributed by atoms with Crippen molar-refractivity contribution < 1.29 is 56.5 Å². The maximum Gasteiger partial charge on any atom is 0.262 e. The zero-order chi connectivity index (χ0) is 52.3. The van der Waals surface area contributed by atoms with Crippen molar-refractivity contribution in [3.8, 4) is 0 Å². The highest BCUT2D eigenvalue weighted by atomic mass is 19.1. The van der Waals surface area contributed by atoms with E-state index in [1.54, 1.807) is 18.2 Å². The fourth-order valence-electron chi connectivity index (χ4n) is 9.57. The normalized spacial score (nSPS) is 17.3. The molecule has 22 heteroatoms. The lowest BCUT2D eigenvalue weighted by molar-refractivity contribution is -0.136. The fourth-order valence-corrected chi connectivity index (χ4v) is 9.57. The minimum Gasteiger partial charge on any atom is -0.383 e. The molecule has 0 aliphatic carbocycles. The van der Waals surface area contributed by atoms with Crippen LogP contribution in [-0.2, 0) is 39.8 Å². The molecule has 1 aromatic heterocycles. The second kappa shape index (κ2) is 24.8. The minimum absolute atomic E-state index is 0.0550. The monoisotopic (exact) mass is 1030 g/mol. The average Bonchev–Trinajstić information content (AvgIpc) is 3.91. The third-order valence-corrected chi connectivity index (χ3v) is 13.5.